The minimum absolute atomic E-state index is 0.0770. The summed E-state index contributed by atoms with van der Waals surface area (Å²) >= 11 is 0. The van der Waals surface area contributed by atoms with Gasteiger partial charge < -0.3 is 25.0 Å². The quantitative estimate of drug-likeness (QED) is 0.686. The maximum absolute atomic E-state index is 14.7. The molecular formula is C26H32FN3O5. The number of carbonyl (C=O) groups excluding carboxylic acids is 3. The van der Waals surface area contributed by atoms with Gasteiger partial charge in [0.15, 0.2) is 0 Å². The zero-order chi connectivity index (χ0) is 25.8. The number of benzene rings is 2. The Bertz CT molecular complexity index is 1100. The van der Waals surface area contributed by atoms with Gasteiger partial charge in [0, 0.05) is 26.2 Å². The van der Waals surface area contributed by atoms with Gasteiger partial charge in [-0.25, -0.2) is 9.18 Å². The first-order valence-electron chi connectivity index (χ1n) is 11.6. The molecule has 2 N–H and O–H groups in total. The maximum Gasteiger partial charge on any atom is 0.410 e. The van der Waals surface area contributed by atoms with Crippen molar-refractivity contribution in [1.29, 1.82) is 0 Å². The van der Waals surface area contributed by atoms with Crippen molar-refractivity contribution in [2.75, 3.05) is 26.2 Å². The minimum atomic E-state index is -0.642. The number of para-hydroxylation sites is 1. The van der Waals surface area contributed by atoms with Crippen LogP contribution in [0, 0.1) is 5.82 Å². The zero-order valence-corrected chi connectivity index (χ0v) is 20.5. The largest absolute Gasteiger partial charge is 0.485 e. The van der Waals surface area contributed by atoms with Crippen molar-refractivity contribution in [3.05, 3.63) is 65.0 Å². The van der Waals surface area contributed by atoms with Gasteiger partial charge in [0.25, 0.3) is 11.8 Å². The van der Waals surface area contributed by atoms with Gasteiger partial charge in [-0.2, -0.15) is 0 Å². The van der Waals surface area contributed by atoms with Crippen LogP contribution in [-0.4, -0.2) is 59.5 Å². The van der Waals surface area contributed by atoms with Gasteiger partial charge in [0.05, 0.1) is 11.1 Å². The Labute approximate surface area is 204 Å². The normalized spacial score (nSPS) is 15.2. The number of amides is 3. The van der Waals surface area contributed by atoms with E-state index in [4.69, 9.17) is 15.2 Å². The van der Waals surface area contributed by atoms with Crippen molar-refractivity contribution in [1.82, 2.24) is 9.80 Å². The third kappa shape index (κ3) is 6.71. The highest BCUT2D eigenvalue weighted by Crippen LogP contribution is 2.27. The number of nitrogens with zero attached hydrogens (tertiary/aromatic N) is 2. The second-order valence-corrected chi connectivity index (χ2v) is 9.47. The molecule has 0 aromatic heterocycles. The van der Waals surface area contributed by atoms with Crippen molar-refractivity contribution >= 4 is 17.9 Å². The van der Waals surface area contributed by atoms with E-state index in [0.717, 1.165) is 0 Å². The molecule has 2 aromatic carbocycles. The van der Waals surface area contributed by atoms with Crippen molar-refractivity contribution in [2.24, 2.45) is 5.73 Å². The molecule has 1 saturated heterocycles. The number of rotatable bonds is 5. The molecular weight excluding hydrogens is 453 g/mol. The Balaban J connectivity index is 1.73. The number of hydrogen-bond acceptors (Lipinski definition) is 5. The molecule has 0 radical (unpaired) electrons. The highest BCUT2D eigenvalue weighted by molar-refractivity contribution is 5.96. The first-order valence-corrected chi connectivity index (χ1v) is 11.6. The van der Waals surface area contributed by atoms with E-state index in [9.17, 15) is 18.8 Å². The van der Waals surface area contributed by atoms with E-state index in [0.29, 0.717) is 37.4 Å². The van der Waals surface area contributed by atoms with Crippen LogP contribution in [0.25, 0.3) is 0 Å². The van der Waals surface area contributed by atoms with Crippen LogP contribution >= 0.6 is 0 Å². The molecule has 35 heavy (non-hydrogen) atoms. The van der Waals surface area contributed by atoms with E-state index in [1.807, 2.05) is 0 Å². The molecule has 8 nitrogen and oxygen atoms in total. The fourth-order valence-corrected chi connectivity index (χ4v) is 3.79. The summed E-state index contributed by atoms with van der Waals surface area (Å²) in [4.78, 5) is 40.4. The lowest BCUT2D eigenvalue weighted by Crippen LogP contribution is -2.40. The predicted molar refractivity (Wildman–Crippen MR) is 129 cm³/mol. The van der Waals surface area contributed by atoms with Crippen LogP contribution in [0.3, 0.4) is 0 Å². The first kappa shape index (κ1) is 26.0. The SMILES string of the molecule is CC(Oc1ccccc1C(N)=O)c1ccc(F)c(C(=O)N2CCCN(C(=O)OC(C)(C)C)CC2)c1. The molecule has 1 aliphatic heterocycles. The summed E-state index contributed by atoms with van der Waals surface area (Å²) in [5.74, 6) is -1.42. The Hall–Kier alpha value is -3.62. The standard InChI is InChI=1S/C26H32FN3O5/c1-17(34-22-9-6-5-8-19(22)23(28)31)18-10-11-21(27)20(16-18)24(32)29-12-7-13-30(15-14-29)25(33)35-26(2,3)4/h5-6,8-11,16-17H,7,12-15H2,1-4H3,(H2,28,31). The Kier molecular flexibility index (Phi) is 7.99. The van der Waals surface area contributed by atoms with Gasteiger partial charge >= 0.3 is 6.09 Å². The molecule has 0 saturated carbocycles. The van der Waals surface area contributed by atoms with Gasteiger partial charge in [0.1, 0.15) is 23.3 Å². The third-order valence-electron chi connectivity index (χ3n) is 5.58. The Morgan fingerprint density at radius 3 is 2.31 bits per heavy atom. The molecule has 9 heteroatoms. The average molecular weight is 486 g/mol. The van der Waals surface area contributed by atoms with Crippen LogP contribution < -0.4 is 10.5 Å². The van der Waals surface area contributed by atoms with Crippen LogP contribution in [0.15, 0.2) is 42.5 Å². The minimum Gasteiger partial charge on any atom is -0.485 e. The summed E-state index contributed by atoms with van der Waals surface area (Å²) < 4.78 is 26.0. The molecule has 1 unspecified atom stereocenters. The van der Waals surface area contributed by atoms with Gasteiger partial charge in [-0.3, -0.25) is 9.59 Å². The number of ether oxygens (including phenoxy) is 2. The first-order chi connectivity index (χ1) is 16.5. The summed E-state index contributed by atoms with van der Waals surface area (Å²) in [5, 5.41) is 0. The highest BCUT2D eigenvalue weighted by Gasteiger charge is 2.28. The van der Waals surface area contributed by atoms with E-state index in [-0.39, 0.29) is 17.7 Å². The van der Waals surface area contributed by atoms with Crippen molar-refractivity contribution in [3.8, 4) is 5.75 Å². The summed E-state index contributed by atoms with van der Waals surface area (Å²) in [5.41, 5.74) is 5.53. The van der Waals surface area contributed by atoms with Gasteiger partial charge in [0.2, 0.25) is 0 Å². The lowest BCUT2D eigenvalue weighted by atomic mass is 10.0. The smallest absolute Gasteiger partial charge is 0.410 e. The summed E-state index contributed by atoms with van der Waals surface area (Å²) in [6, 6.07) is 10.8. The lowest BCUT2D eigenvalue weighted by molar-refractivity contribution is 0.0255. The third-order valence-corrected chi connectivity index (χ3v) is 5.58. The van der Waals surface area contributed by atoms with Crippen molar-refractivity contribution in [2.45, 2.75) is 45.8 Å². The molecule has 0 bridgehead atoms. The fourth-order valence-electron chi connectivity index (χ4n) is 3.79. The summed E-state index contributed by atoms with van der Waals surface area (Å²) in [7, 11) is 0. The van der Waals surface area contributed by atoms with E-state index < -0.39 is 35.4 Å². The molecule has 1 aliphatic rings. The number of carbonyl (C=O) groups is 3. The molecule has 1 atom stereocenters. The molecule has 3 amide bonds. The van der Waals surface area contributed by atoms with Crippen molar-refractivity contribution in [3.63, 3.8) is 0 Å². The molecule has 1 fully saturated rings. The molecule has 1 heterocycles. The molecule has 0 aliphatic carbocycles. The van der Waals surface area contributed by atoms with E-state index in [2.05, 4.69) is 0 Å². The second kappa shape index (κ2) is 10.8. The number of hydrogen-bond donors (Lipinski definition) is 1. The van der Waals surface area contributed by atoms with Gasteiger partial charge in [-0.1, -0.05) is 18.2 Å². The monoisotopic (exact) mass is 485 g/mol. The predicted octanol–water partition coefficient (Wildman–Crippen LogP) is 4.15. The molecule has 188 valence electrons. The van der Waals surface area contributed by atoms with Crippen LogP contribution in [0.5, 0.6) is 5.75 Å². The average Bonchev–Trinajstić information content (AvgIpc) is 3.04. The molecule has 2 aromatic rings. The van der Waals surface area contributed by atoms with Crippen LogP contribution in [0.4, 0.5) is 9.18 Å². The van der Waals surface area contributed by atoms with E-state index >= 15 is 0 Å². The Morgan fingerprint density at radius 1 is 0.971 bits per heavy atom. The molecule has 0 spiro atoms. The van der Waals surface area contributed by atoms with Crippen molar-refractivity contribution < 1.29 is 28.2 Å². The van der Waals surface area contributed by atoms with Crippen LogP contribution in [-0.2, 0) is 4.74 Å². The maximum atomic E-state index is 14.7. The van der Waals surface area contributed by atoms with Crippen LogP contribution in [0.1, 0.15) is 66.5 Å². The highest BCUT2D eigenvalue weighted by atomic mass is 19.1. The Morgan fingerprint density at radius 2 is 1.63 bits per heavy atom. The number of primary amides is 1. The fraction of sp³-hybridized carbons (Fsp3) is 0.423. The summed E-state index contributed by atoms with van der Waals surface area (Å²) in [6.45, 7) is 8.53. The molecule has 3 rings (SSSR count). The number of nitrogens with two attached hydrogens (primary N) is 1. The van der Waals surface area contributed by atoms with Gasteiger partial charge in [-0.15, -0.1) is 0 Å². The lowest BCUT2D eigenvalue weighted by Gasteiger charge is -2.26. The number of halogens is 1. The second-order valence-electron chi connectivity index (χ2n) is 9.47. The van der Waals surface area contributed by atoms with Crippen LogP contribution in [0.2, 0.25) is 0 Å². The summed E-state index contributed by atoms with van der Waals surface area (Å²) in [6.07, 6.45) is -0.452. The van der Waals surface area contributed by atoms with E-state index in [1.165, 1.54) is 18.2 Å². The zero-order valence-electron chi connectivity index (χ0n) is 20.5. The van der Waals surface area contributed by atoms with E-state index in [1.54, 1.807) is 61.8 Å². The topological polar surface area (TPSA) is 102 Å². The van der Waals surface area contributed by atoms with Gasteiger partial charge in [-0.05, 0) is 63.9 Å².